The summed E-state index contributed by atoms with van der Waals surface area (Å²) in [5, 5.41) is 4.91. The molecule has 0 amide bonds. The molecule has 0 unspecified atom stereocenters. The standard InChI is InChI=1S/C22H22N2O4/c1-14-13-24(7-6-23-14)17-4-2-15-10-20(28-22(25)18(15)12-17)16-3-5-19-21(11-16)27-9-8-26-19/h2-5,10-12,14,23H,6-9,13H2,1H3/t14-/m0/s1. The number of nitrogens with one attached hydrogen (secondary N) is 1. The van der Waals surface area contributed by atoms with E-state index in [1.807, 2.05) is 36.4 Å². The molecule has 3 aromatic rings. The maximum Gasteiger partial charge on any atom is 0.344 e. The van der Waals surface area contributed by atoms with Gasteiger partial charge >= 0.3 is 5.63 Å². The van der Waals surface area contributed by atoms with Crippen molar-refractivity contribution in [1.29, 1.82) is 0 Å². The zero-order valence-corrected chi connectivity index (χ0v) is 15.7. The van der Waals surface area contributed by atoms with Crippen LogP contribution in [0.3, 0.4) is 0 Å². The van der Waals surface area contributed by atoms with Crippen molar-refractivity contribution in [2.45, 2.75) is 13.0 Å². The Hall–Kier alpha value is -2.99. The fourth-order valence-corrected chi connectivity index (χ4v) is 3.87. The van der Waals surface area contributed by atoms with Gasteiger partial charge in [0.1, 0.15) is 19.0 Å². The third kappa shape index (κ3) is 3.10. The fourth-order valence-electron chi connectivity index (χ4n) is 3.87. The summed E-state index contributed by atoms with van der Waals surface area (Å²) in [6, 6.07) is 13.9. The summed E-state index contributed by atoms with van der Waals surface area (Å²) in [4.78, 5) is 15.0. The zero-order valence-electron chi connectivity index (χ0n) is 15.7. The number of hydrogen-bond donors (Lipinski definition) is 1. The van der Waals surface area contributed by atoms with Gasteiger partial charge in [-0.2, -0.15) is 0 Å². The Bertz CT molecular complexity index is 1090. The largest absolute Gasteiger partial charge is 0.486 e. The molecule has 5 rings (SSSR count). The molecule has 2 aliphatic heterocycles. The summed E-state index contributed by atoms with van der Waals surface area (Å²) >= 11 is 0. The van der Waals surface area contributed by atoms with Crippen LogP contribution < -0.4 is 25.3 Å². The van der Waals surface area contributed by atoms with Crippen LogP contribution in [0, 0.1) is 0 Å². The van der Waals surface area contributed by atoms with Crippen molar-refractivity contribution >= 4 is 16.5 Å². The lowest BCUT2D eigenvalue weighted by molar-refractivity contribution is 0.171. The zero-order chi connectivity index (χ0) is 19.1. The summed E-state index contributed by atoms with van der Waals surface area (Å²) in [6.45, 7) is 6.03. The normalized spacial score (nSPS) is 19.0. The van der Waals surface area contributed by atoms with Crippen LogP contribution in [0.25, 0.3) is 22.1 Å². The molecule has 6 nitrogen and oxygen atoms in total. The van der Waals surface area contributed by atoms with E-state index in [0.29, 0.717) is 41.9 Å². The second-order valence-corrected chi connectivity index (χ2v) is 7.33. The highest BCUT2D eigenvalue weighted by Gasteiger charge is 2.18. The molecular formula is C22H22N2O4. The minimum atomic E-state index is -0.326. The predicted octanol–water partition coefficient (Wildman–Crippen LogP) is 3.03. The first-order valence-corrected chi connectivity index (χ1v) is 9.64. The van der Waals surface area contributed by atoms with Crippen molar-refractivity contribution < 1.29 is 13.9 Å². The van der Waals surface area contributed by atoms with Crippen LogP contribution in [0.15, 0.2) is 51.7 Å². The SMILES string of the molecule is C[C@H]1CN(c2ccc3cc(-c4ccc5c(c4)OCCO5)oc(=O)c3c2)CCN1. The second kappa shape index (κ2) is 6.87. The minimum absolute atomic E-state index is 0.326. The third-order valence-corrected chi connectivity index (χ3v) is 5.31. The van der Waals surface area contributed by atoms with Gasteiger partial charge in [-0.25, -0.2) is 4.79 Å². The maximum atomic E-state index is 12.7. The summed E-state index contributed by atoms with van der Waals surface area (Å²) in [7, 11) is 0. The molecule has 2 aromatic carbocycles. The van der Waals surface area contributed by atoms with Gasteiger partial charge in [0, 0.05) is 36.9 Å². The van der Waals surface area contributed by atoms with Crippen molar-refractivity contribution in [1.82, 2.24) is 5.32 Å². The Morgan fingerprint density at radius 3 is 2.75 bits per heavy atom. The molecule has 0 bridgehead atoms. The number of fused-ring (bicyclic) bond motifs is 2. The quantitative estimate of drug-likeness (QED) is 0.740. The topological polar surface area (TPSA) is 63.9 Å². The van der Waals surface area contributed by atoms with Crippen LogP contribution in [-0.2, 0) is 0 Å². The molecule has 1 saturated heterocycles. The Kier molecular flexibility index (Phi) is 4.20. The fraction of sp³-hybridized carbons (Fsp3) is 0.318. The first kappa shape index (κ1) is 17.1. The Morgan fingerprint density at radius 1 is 1.04 bits per heavy atom. The van der Waals surface area contributed by atoms with Gasteiger partial charge < -0.3 is 24.1 Å². The van der Waals surface area contributed by atoms with Crippen LogP contribution in [0.1, 0.15) is 6.92 Å². The van der Waals surface area contributed by atoms with Crippen molar-refractivity contribution in [3.63, 3.8) is 0 Å². The van der Waals surface area contributed by atoms with E-state index >= 15 is 0 Å². The molecule has 6 heteroatoms. The molecule has 1 aromatic heterocycles. The molecule has 0 aliphatic carbocycles. The predicted molar refractivity (Wildman–Crippen MR) is 109 cm³/mol. The number of benzene rings is 2. The number of hydrogen-bond acceptors (Lipinski definition) is 6. The maximum absolute atomic E-state index is 12.7. The van der Waals surface area contributed by atoms with Crippen molar-refractivity contribution in [2.75, 3.05) is 37.7 Å². The van der Waals surface area contributed by atoms with Crippen molar-refractivity contribution in [3.05, 3.63) is 52.9 Å². The second-order valence-electron chi connectivity index (χ2n) is 7.33. The molecule has 0 saturated carbocycles. The van der Waals surface area contributed by atoms with Crippen LogP contribution >= 0.6 is 0 Å². The van der Waals surface area contributed by atoms with E-state index in [2.05, 4.69) is 23.2 Å². The van der Waals surface area contributed by atoms with Crippen molar-refractivity contribution in [2.24, 2.45) is 0 Å². The van der Waals surface area contributed by atoms with Gasteiger partial charge in [-0.15, -0.1) is 0 Å². The number of ether oxygens (including phenoxy) is 2. The van der Waals surface area contributed by atoms with E-state index in [-0.39, 0.29) is 5.63 Å². The Labute approximate surface area is 162 Å². The minimum Gasteiger partial charge on any atom is -0.486 e. The molecule has 1 fully saturated rings. The molecule has 0 spiro atoms. The Balaban J connectivity index is 1.52. The number of nitrogens with zero attached hydrogens (tertiary/aromatic N) is 1. The first-order chi connectivity index (χ1) is 13.7. The monoisotopic (exact) mass is 378 g/mol. The number of rotatable bonds is 2. The van der Waals surface area contributed by atoms with Gasteiger partial charge in [-0.3, -0.25) is 0 Å². The van der Waals surface area contributed by atoms with E-state index in [9.17, 15) is 4.79 Å². The van der Waals surface area contributed by atoms with E-state index in [1.54, 1.807) is 0 Å². The molecule has 1 N–H and O–H groups in total. The van der Waals surface area contributed by atoms with Gasteiger partial charge in [0.15, 0.2) is 11.5 Å². The number of anilines is 1. The highest BCUT2D eigenvalue weighted by Crippen LogP contribution is 2.35. The van der Waals surface area contributed by atoms with E-state index in [1.165, 1.54) is 0 Å². The van der Waals surface area contributed by atoms with Gasteiger partial charge in [-0.05, 0) is 48.7 Å². The average Bonchev–Trinajstić information content (AvgIpc) is 2.73. The molecule has 28 heavy (non-hydrogen) atoms. The molecular weight excluding hydrogens is 356 g/mol. The summed E-state index contributed by atoms with van der Waals surface area (Å²) in [6.07, 6.45) is 0. The van der Waals surface area contributed by atoms with E-state index in [0.717, 1.165) is 36.3 Å². The van der Waals surface area contributed by atoms with Crippen LogP contribution in [0.4, 0.5) is 5.69 Å². The van der Waals surface area contributed by atoms with E-state index < -0.39 is 0 Å². The lowest BCUT2D eigenvalue weighted by atomic mass is 10.1. The number of piperazine rings is 1. The lowest BCUT2D eigenvalue weighted by Gasteiger charge is -2.33. The lowest BCUT2D eigenvalue weighted by Crippen LogP contribution is -2.49. The van der Waals surface area contributed by atoms with Gasteiger partial charge in [0.2, 0.25) is 0 Å². The third-order valence-electron chi connectivity index (χ3n) is 5.31. The van der Waals surface area contributed by atoms with Gasteiger partial charge in [0.05, 0.1) is 5.39 Å². The first-order valence-electron chi connectivity index (χ1n) is 9.64. The molecule has 0 radical (unpaired) electrons. The smallest absolute Gasteiger partial charge is 0.344 e. The van der Waals surface area contributed by atoms with Gasteiger partial charge in [0.25, 0.3) is 0 Å². The van der Waals surface area contributed by atoms with Crippen molar-refractivity contribution in [3.8, 4) is 22.8 Å². The molecule has 3 heterocycles. The summed E-state index contributed by atoms with van der Waals surface area (Å²) in [5.74, 6) is 1.92. The molecule has 144 valence electrons. The van der Waals surface area contributed by atoms with Crippen LogP contribution in [0.5, 0.6) is 11.5 Å². The molecule has 2 aliphatic rings. The highest BCUT2D eigenvalue weighted by molar-refractivity contribution is 5.87. The van der Waals surface area contributed by atoms with E-state index in [4.69, 9.17) is 13.9 Å². The van der Waals surface area contributed by atoms with Gasteiger partial charge in [-0.1, -0.05) is 6.07 Å². The molecule has 1 atom stereocenters. The summed E-state index contributed by atoms with van der Waals surface area (Å²) < 4.78 is 16.8. The van der Waals surface area contributed by atoms with Crippen LogP contribution in [-0.4, -0.2) is 38.9 Å². The summed E-state index contributed by atoms with van der Waals surface area (Å²) in [5.41, 5.74) is 1.52. The average molecular weight is 378 g/mol. The Morgan fingerprint density at radius 2 is 1.89 bits per heavy atom. The highest BCUT2D eigenvalue weighted by atomic mass is 16.6. The van der Waals surface area contributed by atoms with Crippen LogP contribution in [0.2, 0.25) is 0 Å².